The van der Waals surface area contributed by atoms with Crippen LogP contribution < -0.4 is 9.64 Å². The maximum atomic E-state index is 14.2. The lowest BCUT2D eigenvalue weighted by molar-refractivity contribution is -0.117. The Morgan fingerprint density at radius 2 is 1.81 bits per heavy atom. The van der Waals surface area contributed by atoms with E-state index in [-0.39, 0.29) is 23.9 Å². The van der Waals surface area contributed by atoms with Crippen molar-refractivity contribution in [1.29, 1.82) is 0 Å². The van der Waals surface area contributed by atoms with Crippen LogP contribution in [-0.4, -0.2) is 23.5 Å². The summed E-state index contributed by atoms with van der Waals surface area (Å²) in [7, 11) is 0. The van der Waals surface area contributed by atoms with Gasteiger partial charge in [0, 0.05) is 34.8 Å². The second-order valence-electron chi connectivity index (χ2n) is 9.05. The number of carbonyl (C=O) groups excluding carboxylic acids is 1. The lowest BCUT2D eigenvalue weighted by Gasteiger charge is -2.19. The largest absolute Gasteiger partial charge is 0.488 e. The molecule has 1 saturated heterocycles. The van der Waals surface area contributed by atoms with Crippen LogP contribution in [0.2, 0.25) is 5.02 Å². The van der Waals surface area contributed by atoms with Crippen LogP contribution in [0.1, 0.15) is 59.2 Å². The molecule has 7 heteroatoms. The van der Waals surface area contributed by atoms with E-state index >= 15 is 0 Å². The number of carboxylic acids is 1. The molecular formula is C29H25ClFNO4. The molecule has 1 fully saturated rings. The van der Waals surface area contributed by atoms with Crippen LogP contribution in [0.25, 0.3) is 11.1 Å². The Hall–Kier alpha value is -3.64. The quantitative estimate of drug-likeness (QED) is 0.376. The summed E-state index contributed by atoms with van der Waals surface area (Å²) in [5, 5.41) is 10.3. The van der Waals surface area contributed by atoms with Crippen LogP contribution in [0.3, 0.4) is 0 Å². The topological polar surface area (TPSA) is 66.8 Å². The minimum absolute atomic E-state index is 0.00258. The van der Waals surface area contributed by atoms with E-state index in [1.165, 1.54) is 6.07 Å². The summed E-state index contributed by atoms with van der Waals surface area (Å²) in [6.45, 7) is 0.648. The molecule has 184 valence electrons. The molecule has 5 rings (SSSR count). The van der Waals surface area contributed by atoms with E-state index in [4.69, 9.17) is 16.3 Å². The van der Waals surface area contributed by atoms with Gasteiger partial charge >= 0.3 is 5.97 Å². The van der Waals surface area contributed by atoms with Crippen molar-refractivity contribution >= 4 is 40.3 Å². The number of aromatic carboxylic acids is 1. The van der Waals surface area contributed by atoms with Crippen molar-refractivity contribution in [3.05, 3.63) is 93.8 Å². The first kappa shape index (κ1) is 24.1. The van der Waals surface area contributed by atoms with Gasteiger partial charge in [-0.25, -0.2) is 9.18 Å². The van der Waals surface area contributed by atoms with Crippen LogP contribution in [-0.2, 0) is 11.4 Å². The Bertz CT molecular complexity index is 1380. The van der Waals surface area contributed by atoms with E-state index in [1.54, 1.807) is 47.4 Å². The number of anilines is 1. The lowest BCUT2D eigenvalue weighted by Crippen LogP contribution is -2.24. The molecule has 0 bridgehead atoms. The second kappa shape index (κ2) is 10.2. The third-order valence-corrected chi connectivity index (χ3v) is 6.96. The number of amides is 1. The standard InChI is InChI=1S/C29H25ClFNO4/c30-21-10-11-27(36-17-18-5-1-2-8-26(18)31)25(16-21)24-7-3-6-23(24)19-13-20(29(34)35)15-22(14-19)32-12-4-9-28(32)33/h1-2,5,8,10-11,13-16H,3-4,6-7,9,12,17H2,(H,34,35). The zero-order valence-corrected chi connectivity index (χ0v) is 20.4. The van der Waals surface area contributed by atoms with Gasteiger partial charge in [0.25, 0.3) is 0 Å². The summed E-state index contributed by atoms with van der Waals surface area (Å²) in [5.41, 5.74) is 4.80. The first-order valence-corrected chi connectivity index (χ1v) is 12.4. The van der Waals surface area contributed by atoms with Gasteiger partial charge < -0.3 is 14.7 Å². The second-order valence-corrected chi connectivity index (χ2v) is 9.49. The molecule has 1 amide bonds. The third-order valence-electron chi connectivity index (χ3n) is 6.72. The number of allylic oxidation sites excluding steroid dienone is 2. The average Bonchev–Trinajstić information content (AvgIpc) is 3.53. The molecule has 0 atom stereocenters. The van der Waals surface area contributed by atoms with Crippen LogP contribution in [0.15, 0.2) is 60.7 Å². The van der Waals surface area contributed by atoms with E-state index < -0.39 is 5.97 Å². The van der Waals surface area contributed by atoms with Crippen molar-refractivity contribution in [2.45, 2.75) is 38.7 Å². The molecule has 1 aliphatic heterocycles. The van der Waals surface area contributed by atoms with E-state index in [0.717, 1.165) is 48.0 Å². The molecule has 36 heavy (non-hydrogen) atoms. The number of halogens is 2. The fraction of sp³-hybridized carbons (Fsp3) is 0.241. The Kier molecular flexibility index (Phi) is 6.79. The molecule has 1 N–H and O–H groups in total. The lowest BCUT2D eigenvalue weighted by atomic mass is 9.94. The SMILES string of the molecule is O=C(O)c1cc(C2=C(c3cc(Cl)ccc3OCc3ccccc3F)CCC2)cc(N2CCCC2=O)c1. The highest BCUT2D eigenvalue weighted by molar-refractivity contribution is 6.30. The van der Waals surface area contributed by atoms with Gasteiger partial charge in [0.1, 0.15) is 18.2 Å². The number of carboxylic acid groups (broad SMARTS) is 1. The minimum Gasteiger partial charge on any atom is -0.488 e. The summed E-state index contributed by atoms with van der Waals surface area (Å²) in [5.74, 6) is -0.783. The molecule has 0 spiro atoms. The number of hydrogen-bond donors (Lipinski definition) is 1. The number of carbonyl (C=O) groups is 2. The van der Waals surface area contributed by atoms with Crippen LogP contribution in [0, 0.1) is 5.82 Å². The Morgan fingerprint density at radius 1 is 1.00 bits per heavy atom. The summed E-state index contributed by atoms with van der Waals surface area (Å²) >= 11 is 6.37. The van der Waals surface area contributed by atoms with Crippen molar-refractivity contribution in [2.75, 3.05) is 11.4 Å². The Morgan fingerprint density at radius 3 is 2.56 bits per heavy atom. The maximum absolute atomic E-state index is 14.2. The smallest absolute Gasteiger partial charge is 0.335 e. The van der Waals surface area contributed by atoms with Gasteiger partial charge in [0.05, 0.1) is 5.56 Å². The van der Waals surface area contributed by atoms with Gasteiger partial charge in [0.2, 0.25) is 5.91 Å². The molecule has 1 heterocycles. The van der Waals surface area contributed by atoms with Gasteiger partial charge in [0.15, 0.2) is 0 Å². The van der Waals surface area contributed by atoms with Crippen molar-refractivity contribution < 1.29 is 23.8 Å². The predicted octanol–water partition coefficient (Wildman–Crippen LogP) is 6.98. The first-order chi connectivity index (χ1) is 17.4. The molecule has 0 radical (unpaired) electrons. The van der Waals surface area contributed by atoms with Crippen LogP contribution >= 0.6 is 11.6 Å². The fourth-order valence-electron chi connectivity index (χ4n) is 4.98. The summed E-state index contributed by atoms with van der Waals surface area (Å²) in [6, 6.07) is 17.0. The van der Waals surface area contributed by atoms with Gasteiger partial charge in [-0.3, -0.25) is 4.79 Å². The highest BCUT2D eigenvalue weighted by Crippen LogP contribution is 2.44. The summed E-state index contributed by atoms with van der Waals surface area (Å²) in [4.78, 5) is 26.0. The van der Waals surface area contributed by atoms with Crippen LogP contribution in [0.4, 0.5) is 10.1 Å². The van der Waals surface area contributed by atoms with Gasteiger partial charge in [-0.1, -0.05) is 29.8 Å². The molecule has 0 unspecified atom stereocenters. The monoisotopic (exact) mass is 505 g/mol. The van der Waals surface area contributed by atoms with Crippen molar-refractivity contribution in [3.8, 4) is 5.75 Å². The van der Waals surface area contributed by atoms with Gasteiger partial charge in [-0.15, -0.1) is 0 Å². The molecule has 2 aliphatic rings. The molecule has 0 saturated carbocycles. The fourth-order valence-corrected chi connectivity index (χ4v) is 5.15. The van der Waals surface area contributed by atoms with Crippen molar-refractivity contribution in [2.24, 2.45) is 0 Å². The van der Waals surface area contributed by atoms with Gasteiger partial charge in [-0.2, -0.15) is 0 Å². The molecule has 3 aromatic rings. The Labute approximate surface area is 213 Å². The van der Waals surface area contributed by atoms with Crippen LogP contribution in [0.5, 0.6) is 5.75 Å². The van der Waals surface area contributed by atoms with Crippen molar-refractivity contribution in [3.63, 3.8) is 0 Å². The zero-order valence-electron chi connectivity index (χ0n) is 19.6. The molecule has 3 aromatic carbocycles. The normalized spacial score (nSPS) is 15.6. The number of hydrogen-bond acceptors (Lipinski definition) is 3. The third kappa shape index (κ3) is 4.86. The summed E-state index contributed by atoms with van der Waals surface area (Å²) in [6.07, 6.45) is 3.63. The number of benzene rings is 3. The molecule has 5 nitrogen and oxygen atoms in total. The molecule has 0 aromatic heterocycles. The van der Waals surface area contributed by atoms with Crippen molar-refractivity contribution in [1.82, 2.24) is 0 Å². The number of ether oxygens (including phenoxy) is 1. The zero-order chi connectivity index (χ0) is 25.2. The minimum atomic E-state index is -1.04. The van der Waals surface area contributed by atoms with E-state index in [9.17, 15) is 19.1 Å². The predicted molar refractivity (Wildman–Crippen MR) is 138 cm³/mol. The van der Waals surface area contributed by atoms with E-state index in [1.807, 2.05) is 12.1 Å². The average molecular weight is 506 g/mol. The molecular weight excluding hydrogens is 481 g/mol. The van der Waals surface area contributed by atoms with E-state index in [2.05, 4.69) is 0 Å². The summed E-state index contributed by atoms with van der Waals surface area (Å²) < 4.78 is 20.2. The number of nitrogens with zero attached hydrogens (tertiary/aromatic N) is 1. The highest BCUT2D eigenvalue weighted by Gasteiger charge is 2.26. The first-order valence-electron chi connectivity index (χ1n) is 12.0. The maximum Gasteiger partial charge on any atom is 0.335 e. The highest BCUT2D eigenvalue weighted by atomic mass is 35.5. The molecule has 1 aliphatic carbocycles. The van der Waals surface area contributed by atoms with E-state index in [0.29, 0.717) is 35.0 Å². The number of rotatable bonds is 7. The van der Waals surface area contributed by atoms with Gasteiger partial charge in [-0.05, 0) is 84.9 Å². The Balaban J connectivity index is 1.57.